The van der Waals surface area contributed by atoms with E-state index in [4.69, 9.17) is 5.11 Å². The minimum atomic E-state index is -0.952. The highest BCUT2D eigenvalue weighted by Gasteiger charge is 2.13. The Hall–Kier alpha value is -1.23. The first-order valence-corrected chi connectivity index (χ1v) is 6.40. The van der Waals surface area contributed by atoms with Crippen molar-refractivity contribution in [2.24, 2.45) is 0 Å². The molecule has 1 rings (SSSR count). The number of anilines is 1. The first-order valence-electron chi connectivity index (χ1n) is 5.01. The second-order valence-electron chi connectivity index (χ2n) is 3.65. The van der Waals surface area contributed by atoms with Crippen LogP contribution in [0.3, 0.4) is 0 Å². The van der Waals surface area contributed by atoms with Crippen molar-refractivity contribution in [3.8, 4) is 0 Å². The lowest BCUT2D eigenvalue weighted by Crippen LogP contribution is -2.20. The zero-order valence-electron chi connectivity index (χ0n) is 9.65. The van der Waals surface area contributed by atoms with Crippen LogP contribution in [-0.4, -0.2) is 34.1 Å². The van der Waals surface area contributed by atoms with E-state index in [1.54, 1.807) is 23.9 Å². The van der Waals surface area contributed by atoms with Crippen molar-refractivity contribution in [2.75, 3.05) is 17.3 Å². The van der Waals surface area contributed by atoms with Gasteiger partial charge in [-0.05, 0) is 32.2 Å². The molecule has 0 saturated heterocycles. The van der Waals surface area contributed by atoms with Gasteiger partial charge < -0.3 is 10.4 Å². The molecule has 0 aromatic carbocycles. The number of nitrogens with zero attached hydrogens (tertiary/aromatic N) is 1. The lowest BCUT2D eigenvalue weighted by molar-refractivity contribution is 0.0697. The van der Waals surface area contributed by atoms with E-state index in [1.807, 2.05) is 20.1 Å². The van der Waals surface area contributed by atoms with E-state index in [2.05, 4.69) is 10.3 Å². The molecule has 5 heteroatoms. The number of pyridine rings is 1. The van der Waals surface area contributed by atoms with Gasteiger partial charge in [0.05, 0.1) is 0 Å². The minimum Gasteiger partial charge on any atom is -0.478 e. The number of carbonyl (C=O) groups is 1. The number of hydrogen-bond donors (Lipinski definition) is 2. The van der Waals surface area contributed by atoms with Gasteiger partial charge in [0.2, 0.25) is 0 Å². The number of aromatic nitrogens is 1. The second kappa shape index (κ2) is 5.75. The van der Waals surface area contributed by atoms with Crippen molar-refractivity contribution in [1.29, 1.82) is 0 Å². The van der Waals surface area contributed by atoms with Crippen LogP contribution in [-0.2, 0) is 0 Å². The van der Waals surface area contributed by atoms with Crippen molar-refractivity contribution in [3.63, 3.8) is 0 Å². The number of thioether (sulfide) groups is 1. The number of aromatic carboxylic acids is 1. The van der Waals surface area contributed by atoms with Gasteiger partial charge >= 0.3 is 5.97 Å². The Morgan fingerprint density at radius 1 is 1.62 bits per heavy atom. The molecule has 16 heavy (non-hydrogen) atoms. The molecule has 0 fully saturated rings. The number of rotatable bonds is 5. The SMILES string of the molecule is CSCC(C)Nc1nc(C)ccc1C(=O)O. The summed E-state index contributed by atoms with van der Waals surface area (Å²) in [5.74, 6) is 0.412. The summed E-state index contributed by atoms with van der Waals surface area (Å²) in [5, 5.41) is 12.1. The Kier molecular flexibility index (Phi) is 4.61. The summed E-state index contributed by atoms with van der Waals surface area (Å²) in [4.78, 5) is 15.2. The maximum absolute atomic E-state index is 11.0. The fourth-order valence-electron chi connectivity index (χ4n) is 1.36. The molecule has 0 bridgehead atoms. The molecule has 0 saturated carbocycles. The average molecular weight is 240 g/mol. The van der Waals surface area contributed by atoms with Gasteiger partial charge in [0.15, 0.2) is 0 Å². The topological polar surface area (TPSA) is 62.2 Å². The molecule has 0 spiro atoms. The summed E-state index contributed by atoms with van der Waals surface area (Å²) in [6, 6.07) is 3.48. The van der Waals surface area contributed by atoms with Gasteiger partial charge in [-0.25, -0.2) is 9.78 Å². The van der Waals surface area contributed by atoms with Crippen LogP contribution in [0, 0.1) is 6.92 Å². The van der Waals surface area contributed by atoms with Crippen LogP contribution in [0.4, 0.5) is 5.82 Å². The summed E-state index contributed by atoms with van der Waals surface area (Å²) in [7, 11) is 0. The molecule has 0 aliphatic carbocycles. The summed E-state index contributed by atoms with van der Waals surface area (Å²) in [6.07, 6.45) is 2.01. The largest absolute Gasteiger partial charge is 0.478 e. The van der Waals surface area contributed by atoms with Crippen LogP contribution in [0.2, 0.25) is 0 Å². The number of carboxylic acid groups (broad SMARTS) is 1. The summed E-state index contributed by atoms with van der Waals surface area (Å²) in [6.45, 7) is 3.85. The molecule has 2 N–H and O–H groups in total. The van der Waals surface area contributed by atoms with Crippen molar-refractivity contribution in [2.45, 2.75) is 19.9 Å². The normalized spacial score (nSPS) is 12.2. The molecule has 1 unspecified atom stereocenters. The van der Waals surface area contributed by atoms with Crippen LogP contribution < -0.4 is 5.32 Å². The van der Waals surface area contributed by atoms with E-state index < -0.39 is 5.97 Å². The zero-order chi connectivity index (χ0) is 12.1. The lowest BCUT2D eigenvalue weighted by atomic mass is 10.2. The fraction of sp³-hybridized carbons (Fsp3) is 0.455. The molecular formula is C11H16N2O2S. The zero-order valence-corrected chi connectivity index (χ0v) is 10.5. The Balaban J connectivity index is 2.92. The molecule has 1 atom stereocenters. The molecule has 1 heterocycles. The smallest absolute Gasteiger partial charge is 0.339 e. The maximum atomic E-state index is 11.0. The van der Waals surface area contributed by atoms with Crippen LogP contribution >= 0.6 is 11.8 Å². The van der Waals surface area contributed by atoms with Gasteiger partial charge in [0, 0.05) is 17.5 Å². The summed E-state index contributed by atoms with van der Waals surface area (Å²) in [5.41, 5.74) is 1.03. The molecule has 4 nitrogen and oxygen atoms in total. The van der Waals surface area contributed by atoms with Crippen LogP contribution in [0.5, 0.6) is 0 Å². The average Bonchev–Trinajstić information content (AvgIpc) is 2.17. The highest BCUT2D eigenvalue weighted by atomic mass is 32.2. The van der Waals surface area contributed by atoms with E-state index >= 15 is 0 Å². The Labute approximate surface area is 99.5 Å². The van der Waals surface area contributed by atoms with Gasteiger partial charge in [-0.2, -0.15) is 11.8 Å². The number of carboxylic acids is 1. The monoisotopic (exact) mass is 240 g/mol. The number of nitrogens with one attached hydrogen (secondary N) is 1. The van der Waals surface area contributed by atoms with E-state index in [0.29, 0.717) is 5.82 Å². The van der Waals surface area contributed by atoms with Crippen LogP contribution in [0.25, 0.3) is 0 Å². The Morgan fingerprint density at radius 3 is 2.88 bits per heavy atom. The minimum absolute atomic E-state index is 0.197. The van der Waals surface area contributed by atoms with Gasteiger partial charge in [0.1, 0.15) is 11.4 Å². The quantitative estimate of drug-likeness (QED) is 0.826. The third-order valence-electron chi connectivity index (χ3n) is 2.06. The van der Waals surface area contributed by atoms with Crippen LogP contribution in [0.1, 0.15) is 23.0 Å². The van der Waals surface area contributed by atoms with Gasteiger partial charge in [-0.15, -0.1) is 0 Å². The van der Waals surface area contributed by atoms with Gasteiger partial charge in [-0.3, -0.25) is 0 Å². The highest BCUT2D eigenvalue weighted by molar-refractivity contribution is 7.98. The summed E-state index contributed by atoms with van der Waals surface area (Å²) >= 11 is 1.71. The van der Waals surface area contributed by atoms with Gasteiger partial charge in [0.25, 0.3) is 0 Å². The molecule has 88 valence electrons. The Bertz CT molecular complexity index is 382. The van der Waals surface area contributed by atoms with Crippen molar-refractivity contribution >= 4 is 23.5 Å². The number of hydrogen-bond acceptors (Lipinski definition) is 4. The molecule has 0 aliphatic rings. The maximum Gasteiger partial charge on any atom is 0.339 e. The third kappa shape index (κ3) is 3.41. The molecule has 1 aromatic heterocycles. The molecule has 0 aliphatic heterocycles. The third-order valence-corrected chi connectivity index (χ3v) is 2.90. The molecule has 0 amide bonds. The first-order chi connectivity index (χ1) is 7.54. The van der Waals surface area contributed by atoms with Crippen molar-refractivity contribution in [1.82, 2.24) is 4.98 Å². The van der Waals surface area contributed by atoms with E-state index in [0.717, 1.165) is 11.4 Å². The number of aryl methyl sites for hydroxylation is 1. The van der Waals surface area contributed by atoms with E-state index in [1.165, 1.54) is 0 Å². The van der Waals surface area contributed by atoms with Crippen molar-refractivity contribution in [3.05, 3.63) is 23.4 Å². The highest BCUT2D eigenvalue weighted by Crippen LogP contribution is 2.15. The van der Waals surface area contributed by atoms with Crippen molar-refractivity contribution < 1.29 is 9.90 Å². The summed E-state index contributed by atoms with van der Waals surface area (Å²) < 4.78 is 0. The lowest BCUT2D eigenvalue weighted by Gasteiger charge is -2.15. The predicted octanol–water partition coefficient (Wildman–Crippen LogP) is 2.25. The molecule has 1 aromatic rings. The molecule has 0 radical (unpaired) electrons. The van der Waals surface area contributed by atoms with Crippen LogP contribution in [0.15, 0.2) is 12.1 Å². The predicted molar refractivity (Wildman–Crippen MR) is 67.4 cm³/mol. The van der Waals surface area contributed by atoms with Gasteiger partial charge in [-0.1, -0.05) is 0 Å². The Morgan fingerprint density at radius 2 is 2.31 bits per heavy atom. The fourth-order valence-corrected chi connectivity index (χ4v) is 1.95. The second-order valence-corrected chi connectivity index (χ2v) is 4.57. The van der Waals surface area contributed by atoms with E-state index in [9.17, 15) is 4.79 Å². The molecular weight excluding hydrogens is 224 g/mol. The first kappa shape index (κ1) is 12.8. The van der Waals surface area contributed by atoms with E-state index in [-0.39, 0.29) is 11.6 Å². The standard InChI is InChI=1S/C11H16N2O2S/c1-7-4-5-9(11(14)15)10(12-7)13-8(2)6-16-3/h4-5,8H,6H2,1-3H3,(H,12,13)(H,14,15).